The van der Waals surface area contributed by atoms with Crippen LogP contribution >= 0.6 is 0 Å². The first-order valence-corrected chi connectivity index (χ1v) is 34.1. The van der Waals surface area contributed by atoms with Gasteiger partial charge in [-0.1, -0.05) is 309 Å². The SMILES string of the molecule is CN(c1ccccc1)c1ccccc1.Cc1cc2ccc3cccc4ccc(c1)c2c34.Cc1cc2cccc3ccc4cccc1c4c32.Cc1ccc2c3ccccc3c3ccccc3c2c1.Cc1ccc2ccc3cccc4ccc1c2c34.Cn1c2ccccc2c2ccccc21. The molecule has 0 N–H and O–H groups in total. The molecule has 0 aliphatic rings. The Kier molecular flexibility index (Phi) is 16.1. The maximum Gasteiger partial charge on any atom is 0.0488 e. The molecule has 0 bridgehead atoms. The minimum absolute atomic E-state index is 1.21. The molecule has 0 saturated heterocycles. The van der Waals surface area contributed by atoms with Crippen molar-refractivity contribution in [1.82, 2.24) is 4.57 Å². The summed E-state index contributed by atoms with van der Waals surface area (Å²) in [6.07, 6.45) is 0. The zero-order valence-electron chi connectivity index (χ0n) is 56.2. The Morgan fingerprint density at radius 2 is 0.510 bits per heavy atom. The van der Waals surface area contributed by atoms with E-state index >= 15 is 0 Å². The first-order valence-electron chi connectivity index (χ1n) is 34.1. The fourth-order valence-corrected chi connectivity index (χ4v) is 15.3. The van der Waals surface area contributed by atoms with Crippen LogP contribution in [0.25, 0.3) is 151 Å². The number of benzene rings is 20. The molecular formula is C96H74N2. The smallest absolute Gasteiger partial charge is 0.0488 e. The van der Waals surface area contributed by atoms with Gasteiger partial charge in [-0.2, -0.15) is 0 Å². The van der Waals surface area contributed by atoms with E-state index in [1.165, 1.54) is 185 Å². The van der Waals surface area contributed by atoms with Crippen molar-refractivity contribution in [1.29, 1.82) is 0 Å². The highest BCUT2D eigenvalue weighted by Crippen LogP contribution is 2.40. The summed E-state index contributed by atoms with van der Waals surface area (Å²) in [6.45, 7) is 8.70. The minimum Gasteiger partial charge on any atom is -0.345 e. The van der Waals surface area contributed by atoms with Crippen LogP contribution in [0, 0.1) is 27.7 Å². The average molecular weight is 1260 g/mol. The van der Waals surface area contributed by atoms with Gasteiger partial charge in [-0.15, -0.1) is 0 Å². The van der Waals surface area contributed by atoms with E-state index in [9.17, 15) is 0 Å². The largest absolute Gasteiger partial charge is 0.345 e. The summed E-state index contributed by atoms with van der Waals surface area (Å²) in [7, 11) is 4.19. The third-order valence-corrected chi connectivity index (χ3v) is 20.1. The molecule has 0 amide bonds. The predicted molar refractivity (Wildman–Crippen MR) is 430 cm³/mol. The Balaban J connectivity index is 0.0000000923. The molecule has 21 rings (SSSR count). The van der Waals surface area contributed by atoms with Gasteiger partial charge in [-0.05, 0) is 210 Å². The zero-order chi connectivity index (χ0) is 66.4. The third-order valence-electron chi connectivity index (χ3n) is 20.1. The molecule has 0 fully saturated rings. The fraction of sp³-hybridized carbons (Fsp3) is 0.0625. The van der Waals surface area contributed by atoms with E-state index in [1.54, 1.807) is 0 Å². The van der Waals surface area contributed by atoms with Gasteiger partial charge in [0, 0.05) is 47.3 Å². The van der Waals surface area contributed by atoms with Crippen molar-refractivity contribution in [3.8, 4) is 0 Å². The number of fused-ring (bicyclic) bond motifs is 9. The molecule has 0 aliphatic heterocycles. The van der Waals surface area contributed by atoms with E-state index < -0.39 is 0 Å². The van der Waals surface area contributed by atoms with Crippen LogP contribution in [0.4, 0.5) is 11.4 Å². The summed E-state index contributed by atoms with van der Waals surface area (Å²) in [4.78, 5) is 2.17. The summed E-state index contributed by atoms with van der Waals surface area (Å²) in [5, 5.41) is 35.4. The molecule has 21 aromatic rings. The Morgan fingerprint density at radius 3 is 1.01 bits per heavy atom. The van der Waals surface area contributed by atoms with Crippen LogP contribution in [-0.4, -0.2) is 11.6 Å². The predicted octanol–water partition coefficient (Wildman–Crippen LogP) is 26.9. The lowest BCUT2D eigenvalue weighted by molar-refractivity contribution is 1.01. The number of hydrogen-bond donors (Lipinski definition) is 0. The van der Waals surface area contributed by atoms with Gasteiger partial charge in [0.15, 0.2) is 0 Å². The molecular weight excluding hydrogens is 1180 g/mol. The molecule has 0 radical (unpaired) electrons. The summed E-state index contributed by atoms with van der Waals surface area (Å²) in [5.41, 5.74) is 10.4. The van der Waals surface area contributed by atoms with E-state index in [2.05, 4.69) is 379 Å². The van der Waals surface area contributed by atoms with E-state index in [4.69, 9.17) is 0 Å². The summed E-state index contributed by atoms with van der Waals surface area (Å²) < 4.78 is 2.24. The molecule has 0 aliphatic carbocycles. The Bertz CT molecular complexity index is 6180. The van der Waals surface area contributed by atoms with Crippen LogP contribution in [-0.2, 0) is 7.05 Å². The molecule has 98 heavy (non-hydrogen) atoms. The summed E-state index contributed by atoms with van der Waals surface area (Å²) in [6, 6.07) is 122. The molecule has 2 heteroatoms. The maximum atomic E-state index is 2.30. The fourth-order valence-electron chi connectivity index (χ4n) is 15.3. The second kappa shape index (κ2) is 25.9. The first kappa shape index (κ1) is 60.8. The molecule has 0 atom stereocenters. The van der Waals surface area contributed by atoms with Gasteiger partial charge in [-0.25, -0.2) is 0 Å². The molecule has 0 saturated carbocycles. The lowest BCUT2D eigenvalue weighted by Gasteiger charge is -2.18. The van der Waals surface area contributed by atoms with Crippen molar-refractivity contribution in [2.24, 2.45) is 7.05 Å². The van der Waals surface area contributed by atoms with Crippen molar-refractivity contribution < 1.29 is 0 Å². The quantitative estimate of drug-likeness (QED) is 0.157. The van der Waals surface area contributed by atoms with Crippen molar-refractivity contribution >= 4 is 162 Å². The van der Waals surface area contributed by atoms with Gasteiger partial charge in [0.25, 0.3) is 0 Å². The number of anilines is 2. The van der Waals surface area contributed by atoms with E-state index in [0.29, 0.717) is 0 Å². The van der Waals surface area contributed by atoms with E-state index in [1.807, 2.05) is 12.1 Å². The Hall–Kier alpha value is -12.1. The van der Waals surface area contributed by atoms with Crippen molar-refractivity contribution in [2.75, 3.05) is 11.9 Å². The molecule has 2 nitrogen and oxygen atoms in total. The van der Waals surface area contributed by atoms with Gasteiger partial charge < -0.3 is 9.47 Å². The monoisotopic (exact) mass is 1250 g/mol. The minimum atomic E-state index is 1.21. The van der Waals surface area contributed by atoms with Crippen molar-refractivity contribution in [2.45, 2.75) is 27.7 Å². The van der Waals surface area contributed by atoms with Crippen LogP contribution < -0.4 is 4.90 Å². The van der Waals surface area contributed by atoms with Crippen LogP contribution in [0.2, 0.25) is 0 Å². The number of aromatic nitrogens is 1. The second-order valence-electron chi connectivity index (χ2n) is 26.2. The molecule has 1 heterocycles. The van der Waals surface area contributed by atoms with Crippen LogP contribution in [0.1, 0.15) is 22.3 Å². The van der Waals surface area contributed by atoms with Crippen LogP contribution in [0.5, 0.6) is 0 Å². The van der Waals surface area contributed by atoms with E-state index in [-0.39, 0.29) is 0 Å². The van der Waals surface area contributed by atoms with Crippen LogP contribution in [0.15, 0.2) is 340 Å². The normalized spacial score (nSPS) is 11.4. The number of rotatable bonds is 2. The number of nitrogens with zero attached hydrogens (tertiary/aromatic N) is 2. The zero-order valence-corrected chi connectivity index (χ0v) is 56.2. The van der Waals surface area contributed by atoms with Gasteiger partial charge in [0.05, 0.1) is 0 Å². The maximum absolute atomic E-state index is 2.30. The number of hydrogen-bond acceptors (Lipinski definition) is 1. The topological polar surface area (TPSA) is 8.17 Å². The second-order valence-corrected chi connectivity index (χ2v) is 26.2. The molecule has 20 aromatic carbocycles. The number of aryl methyl sites for hydroxylation is 5. The first-order chi connectivity index (χ1) is 48.1. The summed E-state index contributed by atoms with van der Waals surface area (Å²) >= 11 is 0. The van der Waals surface area contributed by atoms with Gasteiger partial charge in [-0.3, -0.25) is 0 Å². The average Bonchev–Trinajstić information content (AvgIpc) is 1.14. The van der Waals surface area contributed by atoms with Crippen molar-refractivity contribution in [3.05, 3.63) is 362 Å². The molecule has 0 spiro atoms. The molecule has 468 valence electrons. The van der Waals surface area contributed by atoms with Gasteiger partial charge in [0.2, 0.25) is 0 Å². The highest BCUT2D eigenvalue weighted by Gasteiger charge is 2.13. The lowest BCUT2D eigenvalue weighted by atomic mass is 9.92. The highest BCUT2D eigenvalue weighted by atomic mass is 15.1. The molecule has 0 unspecified atom stereocenters. The number of para-hydroxylation sites is 4. The Labute approximate surface area is 572 Å². The Morgan fingerprint density at radius 1 is 0.204 bits per heavy atom. The van der Waals surface area contributed by atoms with Gasteiger partial charge >= 0.3 is 0 Å². The summed E-state index contributed by atoms with van der Waals surface area (Å²) in [5.74, 6) is 0. The van der Waals surface area contributed by atoms with Crippen molar-refractivity contribution in [3.63, 3.8) is 0 Å². The molecule has 1 aromatic heterocycles. The lowest BCUT2D eigenvalue weighted by Crippen LogP contribution is -2.08. The standard InChI is InChI=1S/C19H14.3C17H12.C13H11N.C13H13N/c1-13-10-11-18-16-8-3-2-6-14(16)15-7-4-5-9-17(15)19(18)12-13;1-11-10-14-6-2-4-12-8-9-13-5-3-7-15(11)17(13)16(12)14;1-11-9-14-7-5-12-3-2-4-13-6-8-15(10-11)17(14)16(12)13;1-11-5-6-14-8-7-12-3-2-4-13-9-10-15(11)17(14)16(12)13;1-14-12-8-4-2-6-10(12)11-7-3-5-9-13(11)14;1-14(12-8-4-2-5-9-12)13-10-6-3-7-11-13/h2-12H,1H3;3*2-10H,1H3;2-9H,1H3;2-11H,1H3. The van der Waals surface area contributed by atoms with Gasteiger partial charge in [0.1, 0.15) is 0 Å². The van der Waals surface area contributed by atoms with E-state index in [0.717, 1.165) is 0 Å². The highest BCUT2D eigenvalue weighted by molar-refractivity contribution is 6.27. The van der Waals surface area contributed by atoms with Crippen LogP contribution in [0.3, 0.4) is 0 Å². The third kappa shape index (κ3) is 11.2.